The van der Waals surface area contributed by atoms with Crippen LogP contribution in [0.25, 0.3) is 0 Å². The minimum absolute atomic E-state index is 0.764. The van der Waals surface area contributed by atoms with Crippen molar-refractivity contribution in [3.8, 4) is 6.07 Å². The van der Waals surface area contributed by atoms with Crippen molar-refractivity contribution >= 4 is 11.3 Å². The van der Waals surface area contributed by atoms with E-state index < -0.39 is 0 Å². The number of ether oxygens (including phenoxy) is 1. The van der Waals surface area contributed by atoms with E-state index in [0.29, 0.717) is 0 Å². The molecule has 92 valence electrons. The molecule has 2 heterocycles. The van der Waals surface area contributed by atoms with E-state index in [1.54, 1.807) is 11.3 Å². The van der Waals surface area contributed by atoms with Gasteiger partial charge in [-0.15, -0.1) is 11.3 Å². The Morgan fingerprint density at radius 2 is 2.29 bits per heavy atom. The lowest BCUT2D eigenvalue weighted by Gasteiger charge is -2.26. The molecule has 0 aromatic carbocycles. The SMILES string of the molecule is N#Cc1csc(CNCCN2CCOCC2)c1. The number of hydrogen-bond donors (Lipinski definition) is 1. The average molecular weight is 251 g/mol. The number of morpholine rings is 1. The van der Waals surface area contributed by atoms with Crippen LogP contribution in [0.15, 0.2) is 11.4 Å². The summed E-state index contributed by atoms with van der Waals surface area (Å²) in [5.41, 5.74) is 0.764. The Hall–Kier alpha value is -0.930. The van der Waals surface area contributed by atoms with E-state index in [0.717, 1.165) is 51.5 Å². The van der Waals surface area contributed by atoms with Gasteiger partial charge >= 0.3 is 0 Å². The Morgan fingerprint density at radius 3 is 3.00 bits per heavy atom. The summed E-state index contributed by atoms with van der Waals surface area (Å²) in [6.45, 7) is 6.71. The van der Waals surface area contributed by atoms with Gasteiger partial charge in [0.2, 0.25) is 0 Å². The lowest BCUT2D eigenvalue weighted by Crippen LogP contribution is -2.40. The van der Waals surface area contributed by atoms with Crippen molar-refractivity contribution in [3.63, 3.8) is 0 Å². The highest BCUT2D eigenvalue weighted by Gasteiger charge is 2.08. The van der Waals surface area contributed by atoms with Crippen molar-refractivity contribution in [2.45, 2.75) is 6.54 Å². The van der Waals surface area contributed by atoms with Gasteiger partial charge in [-0.05, 0) is 6.07 Å². The van der Waals surface area contributed by atoms with E-state index >= 15 is 0 Å². The van der Waals surface area contributed by atoms with Gasteiger partial charge in [-0.1, -0.05) is 0 Å². The van der Waals surface area contributed by atoms with Gasteiger partial charge in [0.15, 0.2) is 0 Å². The Labute approximate surface area is 106 Å². The standard InChI is InChI=1S/C12H17N3OS/c13-8-11-7-12(17-10-11)9-14-1-2-15-3-5-16-6-4-15/h7,10,14H,1-6,9H2. The lowest BCUT2D eigenvalue weighted by molar-refractivity contribution is 0.0384. The largest absolute Gasteiger partial charge is 0.379 e. The molecule has 4 nitrogen and oxygen atoms in total. The number of nitriles is 1. The Kier molecular flexibility index (Phi) is 4.95. The monoisotopic (exact) mass is 251 g/mol. The maximum atomic E-state index is 8.71. The molecule has 2 rings (SSSR count). The zero-order valence-corrected chi connectivity index (χ0v) is 10.6. The quantitative estimate of drug-likeness (QED) is 0.794. The summed E-state index contributed by atoms with van der Waals surface area (Å²) in [6, 6.07) is 4.10. The summed E-state index contributed by atoms with van der Waals surface area (Å²) in [7, 11) is 0. The van der Waals surface area contributed by atoms with E-state index in [4.69, 9.17) is 10.00 Å². The molecule has 0 aliphatic carbocycles. The Balaban J connectivity index is 1.61. The van der Waals surface area contributed by atoms with Crippen LogP contribution in [0, 0.1) is 11.3 Å². The van der Waals surface area contributed by atoms with Crippen LogP contribution in [0.4, 0.5) is 0 Å². The van der Waals surface area contributed by atoms with Crippen molar-refractivity contribution in [2.75, 3.05) is 39.4 Å². The second-order valence-electron chi connectivity index (χ2n) is 4.04. The third-order valence-corrected chi connectivity index (χ3v) is 3.73. The summed E-state index contributed by atoms with van der Waals surface area (Å²) in [6.07, 6.45) is 0. The molecule has 1 aliphatic heterocycles. The Morgan fingerprint density at radius 1 is 1.47 bits per heavy atom. The molecule has 0 spiro atoms. The molecule has 1 aromatic heterocycles. The third kappa shape index (κ3) is 4.10. The van der Waals surface area contributed by atoms with Crippen LogP contribution in [-0.4, -0.2) is 44.3 Å². The topological polar surface area (TPSA) is 48.3 Å². The van der Waals surface area contributed by atoms with Gasteiger partial charge in [0.25, 0.3) is 0 Å². The van der Waals surface area contributed by atoms with E-state index in [1.807, 2.05) is 11.4 Å². The number of nitrogens with one attached hydrogen (secondary N) is 1. The summed E-state index contributed by atoms with van der Waals surface area (Å²) in [4.78, 5) is 3.63. The highest BCUT2D eigenvalue weighted by molar-refractivity contribution is 7.10. The Bertz CT molecular complexity index is 379. The number of thiophene rings is 1. The zero-order chi connectivity index (χ0) is 11.9. The summed E-state index contributed by atoms with van der Waals surface area (Å²) < 4.78 is 5.30. The molecular weight excluding hydrogens is 234 g/mol. The van der Waals surface area contributed by atoms with Crippen molar-refractivity contribution in [3.05, 3.63) is 21.9 Å². The van der Waals surface area contributed by atoms with E-state index in [-0.39, 0.29) is 0 Å². The number of nitrogens with zero attached hydrogens (tertiary/aromatic N) is 2. The molecule has 1 fully saturated rings. The maximum absolute atomic E-state index is 8.71. The molecular formula is C12H17N3OS. The molecule has 0 saturated carbocycles. The van der Waals surface area contributed by atoms with Gasteiger partial charge in [-0.2, -0.15) is 5.26 Å². The van der Waals surface area contributed by atoms with Crippen LogP contribution >= 0.6 is 11.3 Å². The molecule has 0 unspecified atom stereocenters. The van der Waals surface area contributed by atoms with Crippen LogP contribution in [0.1, 0.15) is 10.4 Å². The number of hydrogen-bond acceptors (Lipinski definition) is 5. The molecule has 0 amide bonds. The molecule has 5 heteroatoms. The summed E-state index contributed by atoms with van der Waals surface area (Å²) >= 11 is 1.64. The molecule has 0 bridgehead atoms. The van der Waals surface area contributed by atoms with Gasteiger partial charge < -0.3 is 10.1 Å². The molecule has 1 N–H and O–H groups in total. The summed E-state index contributed by atoms with van der Waals surface area (Å²) in [5.74, 6) is 0. The van der Waals surface area contributed by atoms with Crippen molar-refractivity contribution in [1.82, 2.24) is 10.2 Å². The minimum atomic E-state index is 0.764. The lowest BCUT2D eigenvalue weighted by atomic mass is 10.3. The van der Waals surface area contributed by atoms with Crippen LogP contribution in [0.3, 0.4) is 0 Å². The summed E-state index contributed by atoms with van der Waals surface area (Å²) in [5, 5.41) is 14.0. The minimum Gasteiger partial charge on any atom is -0.379 e. The van der Waals surface area contributed by atoms with Gasteiger partial charge in [-0.25, -0.2) is 0 Å². The highest BCUT2D eigenvalue weighted by Crippen LogP contribution is 2.13. The van der Waals surface area contributed by atoms with Gasteiger partial charge in [0, 0.05) is 43.0 Å². The zero-order valence-electron chi connectivity index (χ0n) is 9.82. The van der Waals surface area contributed by atoms with E-state index in [9.17, 15) is 0 Å². The van der Waals surface area contributed by atoms with E-state index in [1.165, 1.54) is 4.88 Å². The highest BCUT2D eigenvalue weighted by atomic mass is 32.1. The van der Waals surface area contributed by atoms with Crippen LogP contribution < -0.4 is 5.32 Å². The smallest absolute Gasteiger partial charge is 0.100 e. The van der Waals surface area contributed by atoms with Crippen LogP contribution in [0.5, 0.6) is 0 Å². The third-order valence-electron chi connectivity index (χ3n) is 2.79. The second-order valence-corrected chi connectivity index (χ2v) is 5.04. The fourth-order valence-corrected chi connectivity index (χ4v) is 2.58. The van der Waals surface area contributed by atoms with Crippen molar-refractivity contribution < 1.29 is 4.74 Å². The number of rotatable bonds is 5. The molecule has 17 heavy (non-hydrogen) atoms. The molecule has 1 saturated heterocycles. The first-order valence-electron chi connectivity index (χ1n) is 5.87. The first-order valence-corrected chi connectivity index (χ1v) is 6.75. The molecule has 1 aromatic rings. The predicted molar refractivity (Wildman–Crippen MR) is 68.0 cm³/mol. The maximum Gasteiger partial charge on any atom is 0.100 e. The van der Waals surface area contributed by atoms with Gasteiger partial charge in [0.1, 0.15) is 6.07 Å². The van der Waals surface area contributed by atoms with Gasteiger partial charge in [0.05, 0.1) is 18.8 Å². The second kappa shape index (κ2) is 6.72. The van der Waals surface area contributed by atoms with E-state index in [2.05, 4.69) is 16.3 Å². The first kappa shape index (κ1) is 12.5. The molecule has 0 radical (unpaired) electrons. The van der Waals surface area contributed by atoms with Crippen molar-refractivity contribution in [1.29, 1.82) is 5.26 Å². The van der Waals surface area contributed by atoms with Crippen LogP contribution in [-0.2, 0) is 11.3 Å². The van der Waals surface area contributed by atoms with Crippen molar-refractivity contribution in [2.24, 2.45) is 0 Å². The fourth-order valence-electron chi connectivity index (χ4n) is 1.81. The molecule has 0 atom stereocenters. The average Bonchev–Trinajstić information content (AvgIpc) is 2.84. The normalized spacial score (nSPS) is 16.9. The van der Waals surface area contributed by atoms with Gasteiger partial charge in [-0.3, -0.25) is 4.90 Å². The fraction of sp³-hybridized carbons (Fsp3) is 0.583. The van der Waals surface area contributed by atoms with Crippen LogP contribution in [0.2, 0.25) is 0 Å². The predicted octanol–water partition coefficient (Wildman–Crippen LogP) is 1.04. The molecule has 1 aliphatic rings. The first-order chi connectivity index (χ1) is 8.38.